The Bertz CT molecular complexity index is 1030. The molecule has 0 unspecified atom stereocenters. The molecule has 3 aromatic rings. The number of benzene rings is 2. The van der Waals surface area contributed by atoms with Crippen molar-refractivity contribution in [3.63, 3.8) is 0 Å². The molecule has 0 N–H and O–H groups in total. The van der Waals surface area contributed by atoms with E-state index in [9.17, 15) is 9.59 Å². The van der Waals surface area contributed by atoms with Gasteiger partial charge in [0.25, 0.3) is 5.91 Å². The first kappa shape index (κ1) is 20.2. The van der Waals surface area contributed by atoms with Crippen LogP contribution in [-0.4, -0.2) is 30.0 Å². The van der Waals surface area contributed by atoms with E-state index in [0.29, 0.717) is 16.3 Å². The molecule has 6 nitrogen and oxygen atoms in total. The monoisotopic (exact) mass is 405 g/mol. The van der Waals surface area contributed by atoms with Crippen LogP contribution in [0.2, 0.25) is 0 Å². The Hall–Kier alpha value is -3.50. The van der Waals surface area contributed by atoms with E-state index in [0.717, 1.165) is 10.6 Å². The second-order valence-corrected chi connectivity index (χ2v) is 7.16. The van der Waals surface area contributed by atoms with E-state index < -0.39 is 12.6 Å². The third-order valence-corrected chi connectivity index (χ3v) is 5.33. The fourth-order valence-corrected chi connectivity index (χ4v) is 3.69. The second kappa shape index (κ2) is 9.62. The number of aryl methyl sites for hydroxylation is 1. The molecule has 0 aliphatic carbocycles. The van der Waals surface area contributed by atoms with Crippen molar-refractivity contribution < 1.29 is 14.3 Å². The number of para-hydroxylation sites is 1. The average Bonchev–Trinajstić information content (AvgIpc) is 3.15. The van der Waals surface area contributed by atoms with Crippen LogP contribution < -0.4 is 4.90 Å². The Kier molecular flexibility index (Phi) is 6.72. The molecule has 1 amide bonds. The zero-order chi connectivity index (χ0) is 20.6. The molecule has 29 heavy (non-hydrogen) atoms. The Labute approximate surface area is 173 Å². The molecule has 0 fully saturated rings. The topological polar surface area (TPSA) is 83.3 Å². The highest BCUT2D eigenvalue weighted by Crippen LogP contribution is 2.28. The molecule has 0 atom stereocenters. The maximum absolute atomic E-state index is 12.6. The van der Waals surface area contributed by atoms with Crippen molar-refractivity contribution in [3.05, 3.63) is 71.2 Å². The summed E-state index contributed by atoms with van der Waals surface area (Å²) in [5.41, 5.74) is 2.14. The lowest BCUT2D eigenvalue weighted by Gasteiger charge is -2.21. The van der Waals surface area contributed by atoms with Crippen LogP contribution in [0.15, 0.2) is 60.7 Å². The van der Waals surface area contributed by atoms with E-state index in [1.807, 2.05) is 42.5 Å². The number of carbonyl (C=O) groups is 2. The molecule has 0 aliphatic heterocycles. The Morgan fingerprint density at radius 1 is 1.10 bits per heavy atom. The van der Waals surface area contributed by atoms with Gasteiger partial charge in [0.15, 0.2) is 6.61 Å². The van der Waals surface area contributed by atoms with Gasteiger partial charge in [0, 0.05) is 17.8 Å². The molecular formula is C22H19N3O3S. The Balaban J connectivity index is 1.68. The number of hydrogen-bond donors (Lipinski definition) is 0. The first-order chi connectivity index (χ1) is 14.1. The number of rotatable bonds is 7. The van der Waals surface area contributed by atoms with Crippen LogP contribution in [0.1, 0.15) is 21.8 Å². The summed E-state index contributed by atoms with van der Waals surface area (Å²) in [6.45, 7) is 1.57. The van der Waals surface area contributed by atoms with Gasteiger partial charge in [-0.1, -0.05) is 48.5 Å². The zero-order valence-electron chi connectivity index (χ0n) is 15.9. The predicted octanol–water partition coefficient (Wildman–Crippen LogP) is 4.22. The zero-order valence-corrected chi connectivity index (χ0v) is 16.7. The summed E-state index contributed by atoms with van der Waals surface area (Å²) >= 11 is 1.24. The van der Waals surface area contributed by atoms with Crippen LogP contribution in [0.4, 0.5) is 5.69 Å². The van der Waals surface area contributed by atoms with Gasteiger partial charge in [0.1, 0.15) is 9.88 Å². The van der Waals surface area contributed by atoms with Crippen LogP contribution in [0.3, 0.4) is 0 Å². The van der Waals surface area contributed by atoms with Crippen LogP contribution >= 0.6 is 11.3 Å². The molecule has 0 saturated heterocycles. The van der Waals surface area contributed by atoms with Gasteiger partial charge in [-0.05, 0) is 19.1 Å². The van der Waals surface area contributed by atoms with E-state index in [-0.39, 0.29) is 18.9 Å². The second-order valence-electron chi connectivity index (χ2n) is 6.16. The molecule has 0 aliphatic rings. The van der Waals surface area contributed by atoms with E-state index in [1.54, 1.807) is 31.2 Å². The number of aromatic nitrogens is 1. The number of carbonyl (C=O) groups excluding carboxylic acids is 2. The van der Waals surface area contributed by atoms with Gasteiger partial charge in [-0.3, -0.25) is 4.79 Å². The molecule has 0 saturated carbocycles. The smallest absolute Gasteiger partial charge is 0.350 e. The molecule has 0 spiro atoms. The fourth-order valence-electron chi connectivity index (χ4n) is 2.73. The van der Waals surface area contributed by atoms with Gasteiger partial charge in [-0.2, -0.15) is 5.26 Å². The summed E-state index contributed by atoms with van der Waals surface area (Å²) in [5.74, 6) is -0.964. The lowest BCUT2D eigenvalue weighted by molar-refractivity contribution is -0.121. The minimum atomic E-state index is -0.580. The number of thiazole rings is 1. The third kappa shape index (κ3) is 5.06. The van der Waals surface area contributed by atoms with Crippen molar-refractivity contribution in [2.75, 3.05) is 18.1 Å². The highest BCUT2D eigenvalue weighted by molar-refractivity contribution is 7.17. The van der Waals surface area contributed by atoms with Gasteiger partial charge < -0.3 is 9.64 Å². The van der Waals surface area contributed by atoms with Crippen LogP contribution in [-0.2, 0) is 9.53 Å². The molecule has 2 aromatic carbocycles. The number of amides is 1. The maximum atomic E-state index is 12.6. The molecule has 3 rings (SSSR count). The van der Waals surface area contributed by atoms with Gasteiger partial charge in [0.2, 0.25) is 0 Å². The minimum absolute atomic E-state index is 0.184. The van der Waals surface area contributed by atoms with Gasteiger partial charge >= 0.3 is 5.97 Å². The number of ether oxygens (including phenoxy) is 1. The van der Waals surface area contributed by atoms with E-state index in [4.69, 9.17) is 10.00 Å². The summed E-state index contributed by atoms with van der Waals surface area (Å²) in [7, 11) is 0. The molecule has 0 bridgehead atoms. The standard InChI is InChI=1S/C22H19N3O3S/c1-16-20(29-21(24-16)17-9-4-2-5-10-17)22(27)28-15-19(26)25(14-8-13-23)18-11-6-3-7-12-18/h2-7,9-12H,8,14-15H2,1H3. The lowest BCUT2D eigenvalue weighted by atomic mass is 10.2. The molecule has 146 valence electrons. The highest BCUT2D eigenvalue weighted by Gasteiger charge is 2.21. The predicted molar refractivity (Wildman–Crippen MR) is 112 cm³/mol. The van der Waals surface area contributed by atoms with Crippen molar-refractivity contribution in [2.24, 2.45) is 0 Å². The van der Waals surface area contributed by atoms with Crippen LogP contribution in [0.25, 0.3) is 10.6 Å². The van der Waals surface area contributed by atoms with E-state index >= 15 is 0 Å². The summed E-state index contributed by atoms with van der Waals surface area (Å²) in [5, 5.41) is 9.58. The van der Waals surface area contributed by atoms with E-state index in [1.165, 1.54) is 16.2 Å². The minimum Gasteiger partial charge on any atom is -0.451 e. The first-order valence-electron chi connectivity index (χ1n) is 9.02. The molecular weight excluding hydrogens is 386 g/mol. The van der Waals surface area contributed by atoms with Crippen molar-refractivity contribution in [1.82, 2.24) is 4.98 Å². The normalized spacial score (nSPS) is 10.2. The number of esters is 1. The maximum Gasteiger partial charge on any atom is 0.350 e. The molecule has 7 heteroatoms. The van der Waals surface area contributed by atoms with E-state index in [2.05, 4.69) is 4.98 Å². The van der Waals surface area contributed by atoms with Gasteiger partial charge in [0.05, 0.1) is 18.2 Å². The van der Waals surface area contributed by atoms with Gasteiger partial charge in [-0.15, -0.1) is 11.3 Å². The highest BCUT2D eigenvalue weighted by atomic mass is 32.1. The lowest BCUT2D eigenvalue weighted by Crippen LogP contribution is -2.35. The largest absolute Gasteiger partial charge is 0.451 e. The molecule has 1 heterocycles. The summed E-state index contributed by atoms with van der Waals surface area (Å²) in [6, 6.07) is 20.6. The molecule has 1 aromatic heterocycles. The average molecular weight is 405 g/mol. The van der Waals surface area contributed by atoms with Crippen molar-refractivity contribution in [2.45, 2.75) is 13.3 Å². The Morgan fingerprint density at radius 3 is 2.41 bits per heavy atom. The van der Waals surface area contributed by atoms with Crippen molar-refractivity contribution >= 4 is 28.9 Å². The summed E-state index contributed by atoms with van der Waals surface area (Å²) in [6.07, 6.45) is 0.184. The third-order valence-electron chi connectivity index (χ3n) is 4.15. The number of nitriles is 1. The Morgan fingerprint density at radius 2 is 1.76 bits per heavy atom. The summed E-state index contributed by atoms with van der Waals surface area (Å²) in [4.78, 5) is 31.4. The quantitative estimate of drug-likeness (QED) is 0.550. The molecule has 0 radical (unpaired) electrons. The number of anilines is 1. The fraction of sp³-hybridized carbons (Fsp3) is 0.182. The van der Waals surface area contributed by atoms with Crippen molar-refractivity contribution in [3.8, 4) is 16.6 Å². The van der Waals surface area contributed by atoms with Crippen LogP contribution in [0.5, 0.6) is 0 Å². The van der Waals surface area contributed by atoms with Gasteiger partial charge in [-0.25, -0.2) is 9.78 Å². The van der Waals surface area contributed by atoms with Crippen LogP contribution in [0, 0.1) is 18.3 Å². The SMILES string of the molecule is Cc1nc(-c2ccccc2)sc1C(=O)OCC(=O)N(CCC#N)c1ccccc1. The number of hydrogen-bond acceptors (Lipinski definition) is 6. The first-order valence-corrected chi connectivity index (χ1v) is 9.84. The summed E-state index contributed by atoms with van der Waals surface area (Å²) < 4.78 is 5.26. The number of nitrogens with zero attached hydrogens (tertiary/aromatic N) is 3. The van der Waals surface area contributed by atoms with Crippen molar-refractivity contribution in [1.29, 1.82) is 5.26 Å².